The highest BCUT2D eigenvalue weighted by Gasteiger charge is 2.26. The Hall–Kier alpha value is -4.49. The molecule has 4 aromatic rings. The molecule has 0 unspecified atom stereocenters. The lowest BCUT2D eigenvalue weighted by Gasteiger charge is -2.25. The van der Waals surface area contributed by atoms with E-state index in [1.54, 1.807) is 58.5 Å². The van der Waals surface area contributed by atoms with Gasteiger partial charge >= 0.3 is 6.09 Å². The number of ether oxygens (including phenoxy) is 1. The number of aryl methyl sites for hydroxylation is 1. The molecule has 0 spiro atoms. The van der Waals surface area contributed by atoms with Crippen LogP contribution in [-0.2, 0) is 18.2 Å². The van der Waals surface area contributed by atoms with Crippen molar-refractivity contribution in [3.05, 3.63) is 77.1 Å². The lowest BCUT2D eigenvalue weighted by Crippen LogP contribution is -2.36. The zero-order valence-corrected chi connectivity index (χ0v) is 23.8. The average molecular weight is 562 g/mol. The number of aromatic nitrogens is 3. The molecule has 2 heterocycles. The number of rotatable bonds is 5. The van der Waals surface area contributed by atoms with E-state index in [0.29, 0.717) is 28.3 Å². The number of nitrogens with two attached hydrogens (primary N) is 1. The Bertz CT molecular complexity index is 1650. The van der Waals surface area contributed by atoms with Gasteiger partial charge in [-0.2, -0.15) is 5.10 Å². The van der Waals surface area contributed by atoms with Crippen molar-refractivity contribution in [1.29, 1.82) is 0 Å². The minimum absolute atomic E-state index is 0.0141. The summed E-state index contributed by atoms with van der Waals surface area (Å²) < 4.78 is 35.5. The number of carbonyl (C=O) groups is 1. The van der Waals surface area contributed by atoms with Crippen LogP contribution >= 0.6 is 0 Å². The van der Waals surface area contributed by atoms with E-state index in [-0.39, 0.29) is 6.42 Å². The summed E-state index contributed by atoms with van der Waals surface area (Å²) in [5, 5.41) is 18.1. The van der Waals surface area contributed by atoms with E-state index < -0.39 is 35.0 Å². The Morgan fingerprint density at radius 2 is 1.78 bits per heavy atom. The number of benzene rings is 2. The molecule has 0 aliphatic rings. The summed E-state index contributed by atoms with van der Waals surface area (Å²) in [6.07, 6.45) is -0.747. The zero-order valence-electron chi connectivity index (χ0n) is 23.8. The zero-order chi connectivity index (χ0) is 30.1. The minimum Gasteiger partial charge on any atom is -0.444 e. The largest absolute Gasteiger partial charge is 0.444 e. The topological polar surface area (TPSA) is 115 Å². The van der Waals surface area contributed by atoms with Crippen LogP contribution < -0.4 is 11.1 Å². The molecule has 1 amide bonds. The molecule has 0 radical (unpaired) electrons. The number of anilines is 1. The van der Waals surface area contributed by atoms with Crippen LogP contribution in [0.25, 0.3) is 22.0 Å². The van der Waals surface area contributed by atoms with Crippen molar-refractivity contribution in [3.63, 3.8) is 0 Å². The summed E-state index contributed by atoms with van der Waals surface area (Å²) in [6.45, 7) is 8.29. The summed E-state index contributed by atoms with van der Waals surface area (Å²) >= 11 is 0. The third-order valence-electron chi connectivity index (χ3n) is 5.99. The smallest absolute Gasteiger partial charge is 0.408 e. The van der Waals surface area contributed by atoms with E-state index in [0.717, 1.165) is 22.5 Å². The first-order valence-electron chi connectivity index (χ1n) is 13.0. The molecule has 4 N–H and O–H groups in total. The highest BCUT2D eigenvalue weighted by molar-refractivity contribution is 6.00. The van der Waals surface area contributed by atoms with E-state index in [2.05, 4.69) is 22.3 Å². The number of nitrogen functional groups attached to an aromatic ring is 1. The lowest BCUT2D eigenvalue weighted by atomic mass is 9.94. The molecule has 8 nitrogen and oxygen atoms in total. The molecule has 1 atom stereocenters. The van der Waals surface area contributed by atoms with Gasteiger partial charge in [-0.25, -0.2) is 18.6 Å². The number of pyridine rings is 1. The Morgan fingerprint density at radius 3 is 2.41 bits per heavy atom. The van der Waals surface area contributed by atoms with E-state index in [1.165, 1.54) is 12.1 Å². The normalized spacial score (nSPS) is 12.5. The molecule has 2 aromatic carbocycles. The summed E-state index contributed by atoms with van der Waals surface area (Å²) in [5.41, 5.74) is 7.14. The van der Waals surface area contributed by atoms with Crippen molar-refractivity contribution in [3.8, 4) is 23.0 Å². The number of hydrogen-bond acceptors (Lipinski definition) is 6. The molecule has 0 saturated carbocycles. The Labute approximate surface area is 237 Å². The highest BCUT2D eigenvalue weighted by atomic mass is 19.1. The van der Waals surface area contributed by atoms with Crippen LogP contribution in [0.2, 0.25) is 0 Å². The summed E-state index contributed by atoms with van der Waals surface area (Å²) in [5.74, 6) is 4.48. The summed E-state index contributed by atoms with van der Waals surface area (Å²) in [4.78, 5) is 17.8. The van der Waals surface area contributed by atoms with Crippen molar-refractivity contribution in [2.24, 2.45) is 7.05 Å². The molecule has 10 heteroatoms. The fraction of sp³-hybridized carbons (Fsp3) is 0.323. The third-order valence-corrected chi connectivity index (χ3v) is 5.99. The van der Waals surface area contributed by atoms with Gasteiger partial charge in [0, 0.05) is 29.6 Å². The number of para-hydroxylation sites is 1. The van der Waals surface area contributed by atoms with Crippen LogP contribution in [0.1, 0.15) is 57.6 Å². The lowest BCUT2D eigenvalue weighted by molar-refractivity contribution is 0.0502. The number of fused-ring (bicyclic) bond motifs is 1. The van der Waals surface area contributed by atoms with Crippen molar-refractivity contribution in [2.45, 2.75) is 58.3 Å². The molecule has 41 heavy (non-hydrogen) atoms. The first kappa shape index (κ1) is 29.5. The van der Waals surface area contributed by atoms with Crippen LogP contribution in [0.3, 0.4) is 0 Å². The standard InChI is InChI=1S/C31H33F2N5O3/c1-30(2,3)41-29(39)36-25(16-18-14-19(32)17-20(33)15-18)26-22(11-10-21(35-26)12-13-31(4,5)40)23-8-7-9-24-27(23)38(6)37-28(24)34/h7-11,14-15,17,25,40H,16H2,1-6H3,(H2,34,37)(H,36,39)/t25-/m0/s1. The van der Waals surface area contributed by atoms with Gasteiger partial charge in [0.25, 0.3) is 0 Å². The van der Waals surface area contributed by atoms with Gasteiger partial charge in [0.15, 0.2) is 5.82 Å². The molecule has 0 aliphatic carbocycles. The molecule has 4 rings (SSSR count). The number of hydrogen-bond donors (Lipinski definition) is 3. The van der Waals surface area contributed by atoms with Crippen molar-refractivity contribution < 1.29 is 23.4 Å². The first-order chi connectivity index (χ1) is 19.1. The Kier molecular flexibility index (Phi) is 8.04. The fourth-order valence-electron chi connectivity index (χ4n) is 4.47. The minimum atomic E-state index is -1.27. The molecule has 0 fully saturated rings. The summed E-state index contributed by atoms with van der Waals surface area (Å²) in [6, 6.07) is 11.3. The Balaban J connectivity index is 1.95. The number of alkyl carbamates (subject to hydrolysis) is 1. The van der Waals surface area contributed by atoms with Gasteiger partial charge in [0.1, 0.15) is 28.5 Å². The molecule has 214 valence electrons. The second-order valence-electron chi connectivity index (χ2n) is 11.3. The predicted octanol–water partition coefficient (Wildman–Crippen LogP) is 5.43. The maximum atomic E-state index is 14.2. The number of aliphatic hydroxyl groups is 1. The van der Waals surface area contributed by atoms with Gasteiger partial charge in [0.05, 0.1) is 17.3 Å². The van der Waals surface area contributed by atoms with E-state index in [9.17, 15) is 18.7 Å². The monoisotopic (exact) mass is 561 g/mol. The number of nitrogens with zero attached hydrogens (tertiary/aromatic N) is 3. The van der Waals surface area contributed by atoms with Gasteiger partial charge in [0.2, 0.25) is 0 Å². The number of halogens is 2. The quantitative estimate of drug-likeness (QED) is 0.280. The Morgan fingerprint density at radius 1 is 1.10 bits per heavy atom. The molecule has 0 aliphatic heterocycles. The molecular formula is C31H33F2N5O3. The van der Waals surface area contributed by atoms with E-state index in [1.807, 2.05) is 18.2 Å². The highest BCUT2D eigenvalue weighted by Crippen LogP contribution is 2.36. The predicted molar refractivity (Wildman–Crippen MR) is 154 cm³/mol. The third kappa shape index (κ3) is 7.38. The van der Waals surface area contributed by atoms with Crippen LogP contribution in [0.15, 0.2) is 48.5 Å². The number of nitrogens with one attached hydrogen (secondary N) is 1. The van der Waals surface area contributed by atoms with Gasteiger partial charge in [-0.05, 0) is 82.9 Å². The second kappa shape index (κ2) is 11.2. The van der Waals surface area contributed by atoms with Crippen molar-refractivity contribution in [1.82, 2.24) is 20.1 Å². The van der Waals surface area contributed by atoms with Crippen LogP contribution in [0, 0.1) is 23.5 Å². The van der Waals surface area contributed by atoms with Crippen molar-refractivity contribution in [2.75, 3.05) is 5.73 Å². The molecular weight excluding hydrogens is 528 g/mol. The SMILES string of the molecule is Cn1nc(N)c2cccc(-c3ccc(C#CC(C)(C)O)nc3[C@H](Cc3cc(F)cc(F)c3)NC(=O)OC(C)(C)C)c21. The molecule has 0 bridgehead atoms. The first-order valence-corrected chi connectivity index (χ1v) is 13.0. The summed E-state index contributed by atoms with van der Waals surface area (Å²) in [7, 11) is 1.77. The number of carbonyl (C=O) groups excluding carboxylic acids is 1. The molecule has 2 aromatic heterocycles. The van der Waals surface area contributed by atoms with Gasteiger partial charge in [-0.3, -0.25) is 4.68 Å². The maximum Gasteiger partial charge on any atom is 0.408 e. The average Bonchev–Trinajstić information content (AvgIpc) is 3.13. The second-order valence-corrected chi connectivity index (χ2v) is 11.3. The van der Waals surface area contributed by atoms with Crippen molar-refractivity contribution >= 4 is 22.8 Å². The van der Waals surface area contributed by atoms with Gasteiger partial charge in [-0.15, -0.1) is 0 Å². The van der Waals surface area contributed by atoms with Gasteiger partial charge in [-0.1, -0.05) is 18.1 Å². The van der Waals surface area contributed by atoms with Crippen LogP contribution in [0.4, 0.5) is 19.4 Å². The molecule has 0 saturated heterocycles. The van der Waals surface area contributed by atoms with Gasteiger partial charge < -0.3 is 20.9 Å². The van der Waals surface area contributed by atoms with Crippen LogP contribution in [0.5, 0.6) is 0 Å². The maximum absolute atomic E-state index is 14.2. The van der Waals surface area contributed by atoms with E-state index in [4.69, 9.17) is 15.5 Å². The van der Waals surface area contributed by atoms with E-state index >= 15 is 0 Å². The van der Waals surface area contributed by atoms with Crippen LogP contribution in [-0.4, -0.2) is 37.2 Å². The number of amides is 1. The fourth-order valence-corrected chi connectivity index (χ4v) is 4.47.